The summed E-state index contributed by atoms with van der Waals surface area (Å²) >= 11 is 0. The molecule has 2 amide bonds. The zero-order valence-corrected chi connectivity index (χ0v) is 12.1. The van der Waals surface area contributed by atoms with E-state index in [1.807, 2.05) is 19.9 Å². The number of benzene rings is 1. The van der Waals surface area contributed by atoms with Gasteiger partial charge in [-0.25, -0.2) is 0 Å². The Morgan fingerprint density at radius 3 is 2.20 bits per heavy atom. The van der Waals surface area contributed by atoms with Gasteiger partial charge in [-0.3, -0.25) is 9.59 Å². The summed E-state index contributed by atoms with van der Waals surface area (Å²) in [6.07, 6.45) is 0. The van der Waals surface area contributed by atoms with Crippen molar-refractivity contribution in [3.05, 3.63) is 35.9 Å². The van der Waals surface area contributed by atoms with Gasteiger partial charge in [-0.1, -0.05) is 32.0 Å². The van der Waals surface area contributed by atoms with Gasteiger partial charge in [-0.15, -0.1) is 0 Å². The molecule has 0 saturated heterocycles. The summed E-state index contributed by atoms with van der Waals surface area (Å²) in [6, 6.07) is 7.79. The van der Waals surface area contributed by atoms with Crippen molar-refractivity contribution in [1.82, 2.24) is 10.6 Å². The fraction of sp³-hybridized carbons (Fsp3) is 0.467. The minimum absolute atomic E-state index is 0.0476. The van der Waals surface area contributed by atoms with Crippen molar-refractivity contribution in [3.8, 4) is 0 Å². The lowest BCUT2D eigenvalue weighted by Crippen LogP contribution is -2.52. The maximum atomic E-state index is 12.1. The second-order valence-corrected chi connectivity index (χ2v) is 5.15. The number of nitrogens with one attached hydrogen (secondary N) is 2. The average Bonchev–Trinajstić information content (AvgIpc) is 2.44. The molecular formula is C15H22N2O3. The molecule has 0 aliphatic rings. The molecule has 0 aromatic heterocycles. The summed E-state index contributed by atoms with van der Waals surface area (Å²) in [7, 11) is 0. The normalized spacial score (nSPS) is 13.7. The Balaban J connectivity index is 2.73. The zero-order chi connectivity index (χ0) is 15.1. The van der Waals surface area contributed by atoms with Gasteiger partial charge in [-0.05, 0) is 25.0 Å². The number of hydrogen-bond acceptors (Lipinski definition) is 3. The molecule has 3 N–H and O–H groups in total. The lowest BCUT2D eigenvalue weighted by molar-refractivity contribution is -0.124. The quantitative estimate of drug-likeness (QED) is 0.724. The highest BCUT2D eigenvalue weighted by Crippen LogP contribution is 2.05. The molecule has 5 nitrogen and oxygen atoms in total. The standard InChI is InChI=1S/C15H22N2O3/c1-10(2)13(15(20)16-11(3)9-18)17-14(19)12-7-5-4-6-8-12/h4-8,10-11,13,18H,9H2,1-3H3,(H,16,20)(H,17,19). The second kappa shape index (κ2) is 7.65. The molecule has 0 saturated carbocycles. The van der Waals surface area contributed by atoms with Crippen molar-refractivity contribution < 1.29 is 14.7 Å². The van der Waals surface area contributed by atoms with E-state index in [0.29, 0.717) is 5.56 Å². The number of aliphatic hydroxyl groups excluding tert-OH is 1. The van der Waals surface area contributed by atoms with Crippen molar-refractivity contribution in [2.24, 2.45) is 5.92 Å². The zero-order valence-electron chi connectivity index (χ0n) is 12.1. The van der Waals surface area contributed by atoms with Crippen LogP contribution in [0.25, 0.3) is 0 Å². The maximum absolute atomic E-state index is 12.1. The van der Waals surface area contributed by atoms with E-state index in [4.69, 9.17) is 5.11 Å². The molecule has 0 radical (unpaired) electrons. The van der Waals surface area contributed by atoms with Gasteiger partial charge >= 0.3 is 0 Å². The Morgan fingerprint density at radius 2 is 1.70 bits per heavy atom. The fourth-order valence-electron chi connectivity index (χ4n) is 1.73. The number of carbonyl (C=O) groups excluding carboxylic acids is 2. The topological polar surface area (TPSA) is 78.4 Å². The molecule has 0 heterocycles. The van der Waals surface area contributed by atoms with Gasteiger partial charge in [0.05, 0.1) is 6.61 Å². The third-order valence-corrected chi connectivity index (χ3v) is 2.93. The highest BCUT2D eigenvalue weighted by molar-refractivity contribution is 5.97. The predicted octanol–water partition coefficient (Wildman–Crippen LogP) is 0.938. The predicted molar refractivity (Wildman–Crippen MR) is 77.2 cm³/mol. The molecule has 5 heteroatoms. The largest absolute Gasteiger partial charge is 0.394 e. The number of rotatable bonds is 6. The molecule has 0 aliphatic carbocycles. The second-order valence-electron chi connectivity index (χ2n) is 5.15. The van der Waals surface area contributed by atoms with Gasteiger partial charge in [0.1, 0.15) is 6.04 Å². The van der Waals surface area contributed by atoms with Crippen LogP contribution in [0.15, 0.2) is 30.3 Å². The molecular weight excluding hydrogens is 256 g/mol. The third-order valence-electron chi connectivity index (χ3n) is 2.93. The molecule has 0 fully saturated rings. The molecule has 20 heavy (non-hydrogen) atoms. The highest BCUT2D eigenvalue weighted by Gasteiger charge is 2.25. The Labute approximate surface area is 119 Å². The van der Waals surface area contributed by atoms with Crippen LogP contribution in [0.1, 0.15) is 31.1 Å². The maximum Gasteiger partial charge on any atom is 0.251 e. The first kappa shape index (κ1) is 16.2. The summed E-state index contributed by atoms with van der Waals surface area (Å²) in [5.41, 5.74) is 0.515. The van der Waals surface area contributed by atoms with Crippen LogP contribution in [0.2, 0.25) is 0 Å². The SMILES string of the molecule is CC(CO)NC(=O)C(NC(=O)c1ccccc1)C(C)C. The van der Waals surface area contributed by atoms with Crippen molar-refractivity contribution in [2.75, 3.05) is 6.61 Å². The Bertz CT molecular complexity index is 446. The Morgan fingerprint density at radius 1 is 1.10 bits per heavy atom. The molecule has 0 aliphatic heterocycles. The fourth-order valence-corrected chi connectivity index (χ4v) is 1.73. The van der Waals surface area contributed by atoms with Crippen molar-refractivity contribution in [2.45, 2.75) is 32.9 Å². The molecule has 0 spiro atoms. The molecule has 1 aromatic rings. The number of amides is 2. The first-order valence-electron chi connectivity index (χ1n) is 6.72. The molecule has 2 unspecified atom stereocenters. The van der Waals surface area contributed by atoms with E-state index in [9.17, 15) is 9.59 Å². The van der Waals surface area contributed by atoms with E-state index in [0.717, 1.165) is 0 Å². The number of carbonyl (C=O) groups is 2. The molecule has 1 rings (SSSR count). The third kappa shape index (κ3) is 4.66. The van der Waals surface area contributed by atoms with Crippen LogP contribution in [-0.2, 0) is 4.79 Å². The number of hydrogen-bond donors (Lipinski definition) is 3. The van der Waals surface area contributed by atoms with Crippen LogP contribution < -0.4 is 10.6 Å². The first-order chi connectivity index (χ1) is 9.45. The summed E-state index contributed by atoms with van der Waals surface area (Å²) in [5, 5.41) is 14.4. The van der Waals surface area contributed by atoms with Crippen LogP contribution in [0.3, 0.4) is 0 Å². The van der Waals surface area contributed by atoms with Crippen molar-refractivity contribution >= 4 is 11.8 Å². The lowest BCUT2D eigenvalue weighted by Gasteiger charge is -2.23. The Hall–Kier alpha value is -1.88. The van der Waals surface area contributed by atoms with Gasteiger partial charge in [0.25, 0.3) is 5.91 Å². The summed E-state index contributed by atoms with van der Waals surface area (Å²) < 4.78 is 0. The highest BCUT2D eigenvalue weighted by atomic mass is 16.3. The van der Waals surface area contributed by atoms with E-state index in [-0.39, 0.29) is 30.4 Å². The smallest absolute Gasteiger partial charge is 0.251 e. The first-order valence-corrected chi connectivity index (χ1v) is 6.72. The molecule has 0 bridgehead atoms. The van der Waals surface area contributed by atoms with Crippen molar-refractivity contribution in [3.63, 3.8) is 0 Å². The van der Waals surface area contributed by atoms with E-state index in [1.54, 1.807) is 31.2 Å². The minimum Gasteiger partial charge on any atom is -0.394 e. The van der Waals surface area contributed by atoms with Crippen LogP contribution in [0.5, 0.6) is 0 Å². The molecule has 110 valence electrons. The Kier molecular flexibility index (Phi) is 6.18. The van der Waals surface area contributed by atoms with Crippen LogP contribution in [-0.4, -0.2) is 35.6 Å². The van der Waals surface area contributed by atoms with Crippen molar-refractivity contribution in [1.29, 1.82) is 0 Å². The van der Waals surface area contributed by atoms with Gasteiger partial charge < -0.3 is 15.7 Å². The van der Waals surface area contributed by atoms with E-state index < -0.39 is 6.04 Å². The van der Waals surface area contributed by atoms with Crippen LogP contribution >= 0.6 is 0 Å². The van der Waals surface area contributed by atoms with E-state index in [2.05, 4.69) is 10.6 Å². The summed E-state index contributed by atoms with van der Waals surface area (Å²) in [5.74, 6) is -0.615. The average molecular weight is 278 g/mol. The van der Waals surface area contributed by atoms with Gasteiger partial charge in [0.15, 0.2) is 0 Å². The summed E-state index contributed by atoms with van der Waals surface area (Å²) in [4.78, 5) is 24.2. The minimum atomic E-state index is -0.628. The monoisotopic (exact) mass is 278 g/mol. The number of aliphatic hydroxyl groups is 1. The van der Waals surface area contributed by atoms with E-state index >= 15 is 0 Å². The van der Waals surface area contributed by atoms with Gasteiger partial charge in [-0.2, -0.15) is 0 Å². The van der Waals surface area contributed by atoms with Gasteiger partial charge in [0, 0.05) is 11.6 Å². The summed E-state index contributed by atoms with van der Waals surface area (Å²) in [6.45, 7) is 5.29. The molecule has 2 atom stereocenters. The van der Waals surface area contributed by atoms with Crippen LogP contribution in [0.4, 0.5) is 0 Å². The van der Waals surface area contributed by atoms with Crippen LogP contribution in [0, 0.1) is 5.92 Å². The van der Waals surface area contributed by atoms with E-state index in [1.165, 1.54) is 0 Å². The molecule has 1 aromatic carbocycles. The lowest BCUT2D eigenvalue weighted by atomic mass is 10.0. The van der Waals surface area contributed by atoms with Gasteiger partial charge in [0.2, 0.25) is 5.91 Å².